The largest absolute Gasteiger partial charge is 0.480 e. The molecule has 3 aromatic carbocycles. The molecule has 1 fully saturated rings. The van der Waals surface area contributed by atoms with Crippen LogP contribution in [-0.2, 0) is 20.9 Å². The normalized spacial score (nSPS) is 18.3. The number of hydrogen-bond donors (Lipinski definition) is 2. The number of nitrogens with one attached hydrogen (secondary N) is 1. The molecule has 1 saturated heterocycles. The van der Waals surface area contributed by atoms with E-state index < -0.39 is 30.1 Å². The first-order valence-corrected chi connectivity index (χ1v) is 13.7. The van der Waals surface area contributed by atoms with Crippen molar-refractivity contribution < 1.29 is 24.2 Å². The predicted molar refractivity (Wildman–Crippen MR) is 152 cm³/mol. The fourth-order valence-electron chi connectivity index (χ4n) is 5.93. The number of carbonyl (C=O) groups excluding carboxylic acids is 2. The van der Waals surface area contributed by atoms with Gasteiger partial charge in [-0.25, -0.2) is 4.79 Å². The van der Waals surface area contributed by atoms with Crippen molar-refractivity contribution in [1.82, 2.24) is 15.1 Å². The molecule has 3 aromatic rings. The minimum Gasteiger partial charge on any atom is -0.480 e. The molecule has 40 heavy (non-hydrogen) atoms. The molecular formula is C32H35N3O5. The van der Waals surface area contributed by atoms with Gasteiger partial charge in [-0.05, 0) is 48.1 Å². The Morgan fingerprint density at radius 1 is 0.975 bits per heavy atom. The average molecular weight is 542 g/mol. The molecular weight excluding hydrogens is 506 g/mol. The van der Waals surface area contributed by atoms with E-state index in [1.54, 1.807) is 13.8 Å². The highest BCUT2D eigenvalue weighted by atomic mass is 16.5. The second kappa shape index (κ2) is 11.5. The maximum Gasteiger partial charge on any atom is 0.408 e. The van der Waals surface area contributed by atoms with Crippen LogP contribution >= 0.6 is 0 Å². The maximum atomic E-state index is 13.9. The van der Waals surface area contributed by atoms with Gasteiger partial charge in [-0.15, -0.1) is 0 Å². The highest BCUT2D eigenvalue weighted by Crippen LogP contribution is 2.44. The lowest BCUT2D eigenvalue weighted by molar-refractivity contribution is -0.149. The van der Waals surface area contributed by atoms with Crippen molar-refractivity contribution in [2.45, 2.75) is 44.3 Å². The molecule has 1 heterocycles. The summed E-state index contributed by atoms with van der Waals surface area (Å²) in [5.41, 5.74) is 4.27. The van der Waals surface area contributed by atoms with Gasteiger partial charge < -0.3 is 20.1 Å². The van der Waals surface area contributed by atoms with Gasteiger partial charge in [0.25, 0.3) is 5.91 Å². The number of aliphatic carboxylic acids is 1. The van der Waals surface area contributed by atoms with Gasteiger partial charge >= 0.3 is 12.1 Å². The number of carboxylic acids is 1. The molecule has 1 aliphatic heterocycles. The van der Waals surface area contributed by atoms with E-state index in [9.17, 15) is 19.5 Å². The van der Waals surface area contributed by atoms with E-state index in [1.807, 2.05) is 54.6 Å². The zero-order valence-electron chi connectivity index (χ0n) is 22.9. The lowest BCUT2D eigenvalue weighted by Gasteiger charge is -2.36. The zero-order valence-corrected chi connectivity index (χ0v) is 22.9. The van der Waals surface area contributed by atoms with Crippen molar-refractivity contribution in [3.63, 3.8) is 0 Å². The van der Waals surface area contributed by atoms with Crippen LogP contribution in [0.1, 0.15) is 42.9 Å². The monoisotopic (exact) mass is 541 g/mol. The van der Waals surface area contributed by atoms with Gasteiger partial charge in [0.05, 0.1) is 0 Å². The lowest BCUT2D eigenvalue weighted by atomic mass is 9.95. The fourth-order valence-corrected chi connectivity index (χ4v) is 5.93. The minimum absolute atomic E-state index is 0.109. The van der Waals surface area contributed by atoms with Crippen LogP contribution in [-0.4, -0.2) is 70.7 Å². The number of likely N-dealkylation sites (tertiary alicyclic amines) is 1. The summed E-state index contributed by atoms with van der Waals surface area (Å²) in [5.74, 6) is -1.62. The van der Waals surface area contributed by atoms with E-state index >= 15 is 0 Å². The smallest absolute Gasteiger partial charge is 0.408 e. The molecule has 0 radical (unpaired) electrons. The van der Waals surface area contributed by atoms with Crippen LogP contribution in [0.25, 0.3) is 11.1 Å². The van der Waals surface area contributed by atoms with Crippen LogP contribution in [0.15, 0.2) is 78.9 Å². The van der Waals surface area contributed by atoms with Gasteiger partial charge in [-0.2, -0.15) is 0 Å². The zero-order chi connectivity index (χ0) is 28.3. The summed E-state index contributed by atoms with van der Waals surface area (Å²) in [4.78, 5) is 42.3. The van der Waals surface area contributed by atoms with E-state index in [1.165, 1.54) is 4.90 Å². The number of fused-ring (bicyclic) bond motifs is 3. The molecule has 0 spiro atoms. The van der Waals surface area contributed by atoms with Crippen LogP contribution in [0.5, 0.6) is 0 Å². The number of benzene rings is 3. The van der Waals surface area contributed by atoms with E-state index in [4.69, 9.17) is 4.74 Å². The summed E-state index contributed by atoms with van der Waals surface area (Å²) in [5, 5.41) is 12.4. The molecule has 0 bridgehead atoms. The molecule has 0 aromatic heterocycles. The Kier molecular flexibility index (Phi) is 7.89. The third-order valence-electron chi connectivity index (χ3n) is 7.88. The molecule has 8 heteroatoms. The SMILES string of the molecule is CC(C)N(CC(=O)O)C(=O)C1(NC(=O)OCC2c3ccccc3-c3ccccc32)CCN(Cc2ccccc2)C1. The first kappa shape index (κ1) is 27.4. The van der Waals surface area contributed by atoms with Crippen molar-refractivity contribution in [1.29, 1.82) is 0 Å². The van der Waals surface area contributed by atoms with Crippen molar-refractivity contribution in [3.8, 4) is 11.1 Å². The van der Waals surface area contributed by atoms with Crippen LogP contribution in [0.2, 0.25) is 0 Å². The molecule has 208 valence electrons. The third-order valence-corrected chi connectivity index (χ3v) is 7.88. The van der Waals surface area contributed by atoms with Crippen LogP contribution in [0.3, 0.4) is 0 Å². The van der Waals surface area contributed by atoms with Gasteiger partial charge in [0, 0.05) is 31.6 Å². The Morgan fingerprint density at radius 2 is 1.57 bits per heavy atom. The predicted octanol–water partition coefficient (Wildman–Crippen LogP) is 4.49. The number of rotatable bonds is 9. The van der Waals surface area contributed by atoms with Crippen molar-refractivity contribution in [3.05, 3.63) is 95.6 Å². The molecule has 1 atom stereocenters. The van der Waals surface area contributed by atoms with Gasteiger partial charge in [0.1, 0.15) is 18.7 Å². The minimum atomic E-state index is -1.29. The standard InChI is InChI=1S/C32H35N3O5/c1-22(2)35(19-29(36)37)30(38)32(16-17-34(21-32)18-23-10-4-3-5-11-23)33-31(39)40-20-28-26-14-8-6-12-24(26)25-13-7-9-15-27(25)28/h3-15,22,28H,16-21H2,1-2H3,(H,33,39)(H,36,37). The Labute approximate surface area is 234 Å². The Hall–Kier alpha value is -4.17. The summed E-state index contributed by atoms with van der Waals surface area (Å²) >= 11 is 0. The fraction of sp³-hybridized carbons (Fsp3) is 0.344. The number of hydrogen-bond acceptors (Lipinski definition) is 5. The number of nitrogens with zero attached hydrogens (tertiary/aromatic N) is 2. The second-order valence-electron chi connectivity index (χ2n) is 10.9. The van der Waals surface area contributed by atoms with E-state index in [0.717, 1.165) is 27.8 Å². The quantitative estimate of drug-likeness (QED) is 0.414. The van der Waals surface area contributed by atoms with E-state index in [-0.39, 0.29) is 25.1 Å². The Balaban J connectivity index is 1.35. The highest BCUT2D eigenvalue weighted by molar-refractivity contribution is 5.93. The number of amides is 2. The van der Waals surface area contributed by atoms with Crippen LogP contribution < -0.4 is 5.32 Å². The lowest BCUT2D eigenvalue weighted by Crippen LogP contribution is -2.63. The first-order chi connectivity index (χ1) is 19.3. The number of alkyl carbamates (subject to hydrolysis) is 1. The molecule has 2 N–H and O–H groups in total. The van der Waals surface area contributed by atoms with Gasteiger partial charge in [-0.1, -0.05) is 78.9 Å². The van der Waals surface area contributed by atoms with Crippen LogP contribution in [0, 0.1) is 0 Å². The molecule has 1 unspecified atom stereocenters. The summed E-state index contributed by atoms with van der Waals surface area (Å²) in [6, 6.07) is 25.8. The molecule has 0 saturated carbocycles. The van der Waals surface area contributed by atoms with Gasteiger partial charge in [0.15, 0.2) is 0 Å². The number of carboxylic acid groups (broad SMARTS) is 1. The summed E-state index contributed by atoms with van der Waals surface area (Å²) in [6.45, 7) is 4.68. The van der Waals surface area contributed by atoms with Crippen LogP contribution in [0.4, 0.5) is 4.79 Å². The first-order valence-electron chi connectivity index (χ1n) is 13.7. The number of ether oxygens (including phenoxy) is 1. The highest BCUT2D eigenvalue weighted by Gasteiger charge is 2.49. The van der Waals surface area contributed by atoms with Gasteiger partial charge in [-0.3, -0.25) is 14.5 Å². The van der Waals surface area contributed by atoms with E-state index in [0.29, 0.717) is 19.5 Å². The maximum absolute atomic E-state index is 13.9. The Morgan fingerprint density at radius 3 is 2.17 bits per heavy atom. The number of carbonyl (C=O) groups is 3. The second-order valence-corrected chi connectivity index (χ2v) is 10.9. The molecule has 5 rings (SSSR count). The summed E-state index contributed by atoms with van der Waals surface area (Å²) in [7, 11) is 0. The molecule has 8 nitrogen and oxygen atoms in total. The molecule has 1 aliphatic carbocycles. The molecule has 2 aliphatic rings. The van der Waals surface area contributed by atoms with Crippen molar-refractivity contribution in [2.75, 3.05) is 26.2 Å². The summed E-state index contributed by atoms with van der Waals surface area (Å²) < 4.78 is 5.80. The van der Waals surface area contributed by atoms with Gasteiger partial charge in [0.2, 0.25) is 0 Å². The van der Waals surface area contributed by atoms with E-state index in [2.05, 4.69) is 34.5 Å². The van der Waals surface area contributed by atoms with Crippen molar-refractivity contribution >= 4 is 18.0 Å². The topological polar surface area (TPSA) is 99.2 Å². The molecule has 2 amide bonds. The van der Waals surface area contributed by atoms with Crippen molar-refractivity contribution in [2.24, 2.45) is 0 Å². The Bertz CT molecular complexity index is 1350. The average Bonchev–Trinajstić information content (AvgIpc) is 3.50. The summed E-state index contributed by atoms with van der Waals surface area (Å²) in [6.07, 6.45) is -0.332. The third kappa shape index (κ3) is 5.58.